The Morgan fingerprint density at radius 2 is 2.05 bits per heavy atom. The highest BCUT2D eigenvalue weighted by molar-refractivity contribution is 7.10. The second kappa shape index (κ2) is 6.20. The number of thiophene rings is 1. The molecule has 1 atom stereocenters. The Hall–Kier alpha value is -2.07. The van der Waals surface area contributed by atoms with Crippen molar-refractivity contribution in [2.24, 2.45) is 0 Å². The van der Waals surface area contributed by atoms with E-state index in [1.54, 1.807) is 17.4 Å². The van der Waals surface area contributed by atoms with E-state index in [9.17, 15) is 4.79 Å². The Morgan fingerprint density at radius 3 is 2.68 bits per heavy atom. The second-order valence-corrected chi connectivity index (χ2v) is 5.22. The molecule has 1 amide bonds. The minimum Gasteiger partial charge on any atom is -0.399 e. The molecule has 0 aliphatic rings. The van der Waals surface area contributed by atoms with Gasteiger partial charge in [-0.3, -0.25) is 4.79 Å². The van der Waals surface area contributed by atoms with E-state index >= 15 is 0 Å². The van der Waals surface area contributed by atoms with Crippen LogP contribution in [0.4, 0.5) is 5.69 Å². The lowest BCUT2D eigenvalue weighted by Crippen LogP contribution is -2.23. The van der Waals surface area contributed by atoms with Crippen LogP contribution >= 0.6 is 11.3 Å². The lowest BCUT2D eigenvalue weighted by atomic mass is 10.2. The summed E-state index contributed by atoms with van der Waals surface area (Å²) in [6, 6.07) is 11.4. The average molecular weight is 272 g/mol. The SMILES string of the molecule is C[C@@H](NC(=O)/C=C/c1ccc(N)cc1)c1cccs1. The highest BCUT2D eigenvalue weighted by Gasteiger charge is 2.07. The van der Waals surface area contributed by atoms with Crippen molar-refractivity contribution in [3.05, 3.63) is 58.3 Å². The fraction of sp³-hybridized carbons (Fsp3) is 0.133. The van der Waals surface area contributed by atoms with Gasteiger partial charge in [-0.25, -0.2) is 0 Å². The molecule has 2 aromatic rings. The van der Waals surface area contributed by atoms with Gasteiger partial charge in [-0.05, 0) is 42.1 Å². The molecule has 0 bridgehead atoms. The monoisotopic (exact) mass is 272 g/mol. The Kier molecular flexibility index (Phi) is 4.36. The third-order valence-corrected chi connectivity index (χ3v) is 3.75. The van der Waals surface area contributed by atoms with Gasteiger partial charge in [0.2, 0.25) is 5.91 Å². The maximum Gasteiger partial charge on any atom is 0.244 e. The summed E-state index contributed by atoms with van der Waals surface area (Å²) in [6.07, 6.45) is 3.31. The van der Waals surface area contributed by atoms with Crippen LogP contribution in [0.3, 0.4) is 0 Å². The number of benzene rings is 1. The van der Waals surface area contributed by atoms with Crippen LogP contribution < -0.4 is 11.1 Å². The molecule has 0 saturated carbocycles. The molecule has 19 heavy (non-hydrogen) atoms. The summed E-state index contributed by atoms with van der Waals surface area (Å²) in [4.78, 5) is 12.9. The normalized spacial score (nSPS) is 12.5. The number of hydrogen-bond acceptors (Lipinski definition) is 3. The highest BCUT2D eigenvalue weighted by atomic mass is 32.1. The van der Waals surface area contributed by atoms with Crippen molar-refractivity contribution in [3.63, 3.8) is 0 Å². The van der Waals surface area contributed by atoms with Crippen LogP contribution in [-0.2, 0) is 4.79 Å². The van der Waals surface area contributed by atoms with E-state index in [-0.39, 0.29) is 11.9 Å². The first-order valence-electron chi connectivity index (χ1n) is 6.02. The summed E-state index contributed by atoms with van der Waals surface area (Å²) in [6.45, 7) is 1.97. The van der Waals surface area contributed by atoms with E-state index in [1.165, 1.54) is 6.08 Å². The molecule has 0 radical (unpaired) electrons. The van der Waals surface area contributed by atoms with Crippen LogP contribution in [-0.4, -0.2) is 5.91 Å². The van der Waals surface area contributed by atoms with Gasteiger partial charge in [0.05, 0.1) is 6.04 Å². The molecule has 0 aliphatic heterocycles. The molecular weight excluding hydrogens is 256 g/mol. The minimum atomic E-state index is -0.0993. The predicted octanol–water partition coefficient (Wildman–Crippen LogP) is 3.22. The van der Waals surface area contributed by atoms with Gasteiger partial charge in [-0.15, -0.1) is 11.3 Å². The summed E-state index contributed by atoms with van der Waals surface area (Å²) in [5.41, 5.74) is 7.27. The van der Waals surface area contributed by atoms with Crippen LogP contribution in [0.5, 0.6) is 0 Å². The molecule has 3 nitrogen and oxygen atoms in total. The molecule has 0 saturated heterocycles. The summed E-state index contributed by atoms with van der Waals surface area (Å²) in [5.74, 6) is -0.0993. The fourth-order valence-corrected chi connectivity index (χ4v) is 2.38. The van der Waals surface area contributed by atoms with Gasteiger partial charge in [-0.1, -0.05) is 18.2 Å². The molecule has 4 heteroatoms. The quantitative estimate of drug-likeness (QED) is 0.663. The van der Waals surface area contributed by atoms with Crippen LogP contribution in [0.1, 0.15) is 23.4 Å². The van der Waals surface area contributed by atoms with Crippen LogP contribution in [0.15, 0.2) is 47.9 Å². The largest absolute Gasteiger partial charge is 0.399 e. The molecule has 1 aromatic heterocycles. The van der Waals surface area contributed by atoms with Crippen LogP contribution in [0.2, 0.25) is 0 Å². The Balaban J connectivity index is 1.92. The molecule has 0 fully saturated rings. The molecule has 0 spiro atoms. The smallest absolute Gasteiger partial charge is 0.244 e. The zero-order valence-electron chi connectivity index (χ0n) is 10.7. The van der Waals surface area contributed by atoms with Crippen LogP contribution in [0, 0.1) is 0 Å². The molecule has 98 valence electrons. The number of rotatable bonds is 4. The van der Waals surface area contributed by atoms with Gasteiger partial charge in [0.15, 0.2) is 0 Å². The van der Waals surface area contributed by atoms with Crippen molar-refractivity contribution in [1.82, 2.24) is 5.32 Å². The van der Waals surface area contributed by atoms with Crippen molar-refractivity contribution >= 4 is 29.0 Å². The zero-order valence-corrected chi connectivity index (χ0v) is 11.5. The number of nitrogens with one attached hydrogen (secondary N) is 1. The van der Waals surface area contributed by atoms with Gasteiger partial charge >= 0.3 is 0 Å². The van der Waals surface area contributed by atoms with Crippen LogP contribution in [0.25, 0.3) is 6.08 Å². The van der Waals surface area contributed by atoms with Crippen molar-refractivity contribution < 1.29 is 4.79 Å². The first kappa shape index (κ1) is 13.4. The third-order valence-electron chi connectivity index (χ3n) is 2.69. The van der Waals surface area contributed by atoms with Gasteiger partial charge in [-0.2, -0.15) is 0 Å². The first-order valence-corrected chi connectivity index (χ1v) is 6.90. The van der Waals surface area contributed by atoms with E-state index in [0.717, 1.165) is 10.4 Å². The van der Waals surface area contributed by atoms with Gasteiger partial charge in [0.1, 0.15) is 0 Å². The molecule has 3 N–H and O–H groups in total. The maximum atomic E-state index is 11.8. The fourth-order valence-electron chi connectivity index (χ4n) is 1.65. The molecule has 0 unspecified atom stereocenters. The predicted molar refractivity (Wildman–Crippen MR) is 80.8 cm³/mol. The summed E-state index contributed by atoms with van der Waals surface area (Å²) >= 11 is 1.64. The summed E-state index contributed by atoms with van der Waals surface area (Å²) < 4.78 is 0. The highest BCUT2D eigenvalue weighted by Crippen LogP contribution is 2.17. The molecule has 0 aliphatic carbocycles. The zero-order chi connectivity index (χ0) is 13.7. The molecule has 1 aromatic carbocycles. The van der Waals surface area contributed by atoms with E-state index in [4.69, 9.17) is 5.73 Å². The number of nitrogens with two attached hydrogens (primary N) is 1. The minimum absolute atomic E-state index is 0.0311. The maximum absolute atomic E-state index is 11.8. The van der Waals surface area contributed by atoms with E-state index in [1.807, 2.05) is 48.7 Å². The third kappa shape index (κ3) is 3.96. The van der Waals surface area contributed by atoms with Crippen molar-refractivity contribution in [1.29, 1.82) is 0 Å². The Bertz CT molecular complexity index is 558. The topological polar surface area (TPSA) is 55.1 Å². The number of carbonyl (C=O) groups excluding carboxylic acids is 1. The van der Waals surface area contributed by atoms with Gasteiger partial charge < -0.3 is 11.1 Å². The lowest BCUT2D eigenvalue weighted by Gasteiger charge is -2.09. The molecule has 2 rings (SSSR count). The second-order valence-electron chi connectivity index (χ2n) is 4.25. The average Bonchev–Trinajstić information content (AvgIpc) is 2.92. The molecule has 1 heterocycles. The molecular formula is C15H16N2OS. The van der Waals surface area contributed by atoms with Crippen molar-refractivity contribution in [3.8, 4) is 0 Å². The number of carbonyl (C=O) groups is 1. The van der Waals surface area contributed by atoms with Crippen molar-refractivity contribution in [2.45, 2.75) is 13.0 Å². The van der Waals surface area contributed by atoms with Crippen molar-refractivity contribution in [2.75, 3.05) is 5.73 Å². The van der Waals surface area contributed by atoms with E-state index < -0.39 is 0 Å². The Morgan fingerprint density at radius 1 is 1.32 bits per heavy atom. The van der Waals surface area contributed by atoms with Gasteiger partial charge in [0.25, 0.3) is 0 Å². The number of amides is 1. The standard InChI is InChI=1S/C15H16N2OS/c1-11(14-3-2-10-19-14)17-15(18)9-6-12-4-7-13(16)8-5-12/h2-11H,16H2,1H3,(H,17,18)/b9-6+/t11-/m1/s1. The number of nitrogen functional groups attached to an aromatic ring is 1. The number of hydrogen-bond donors (Lipinski definition) is 2. The Labute approximate surface area is 116 Å². The van der Waals surface area contributed by atoms with E-state index in [2.05, 4.69) is 5.32 Å². The number of anilines is 1. The lowest BCUT2D eigenvalue weighted by molar-refractivity contribution is -0.117. The van der Waals surface area contributed by atoms with E-state index in [0.29, 0.717) is 5.69 Å². The van der Waals surface area contributed by atoms with Gasteiger partial charge in [0, 0.05) is 16.6 Å². The summed E-state index contributed by atoms with van der Waals surface area (Å²) in [5, 5.41) is 4.93. The first-order chi connectivity index (χ1) is 9.15. The summed E-state index contributed by atoms with van der Waals surface area (Å²) in [7, 11) is 0.